The molecule has 2 atom stereocenters. The second-order valence-corrected chi connectivity index (χ2v) is 7.94. The fraction of sp³-hybridized carbons (Fsp3) is 0.375. The van der Waals surface area contributed by atoms with Gasteiger partial charge in [-0.15, -0.1) is 0 Å². The van der Waals surface area contributed by atoms with Gasteiger partial charge in [0.15, 0.2) is 0 Å². The Hall–Kier alpha value is -3.43. The summed E-state index contributed by atoms with van der Waals surface area (Å²) in [7, 11) is 0. The van der Waals surface area contributed by atoms with Gasteiger partial charge >= 0.3 is 12.1 Å². The molecule has 9 heteroatoms. The number of unbranched alkanes of at least 4 members (excludes halogenated alkanes) is 1. The van der Waals surface area contributed by atoms with Crippen LogP contribution in [0.5, 0.6) is 0 Å². The monoisotopic (exact) mass is 455 g/mol. The molecule has 2 aromatic rings. The van der Waals surface area contributed by atoms with Crippen molar-refractivity contribution in [3.63, 3.8) is 0 Å². The average Bonchev–Trinajstić information content (AvgIpc) is 3.14. The smallest absolute Gasteiger partial charge is 0.407 e. The lowest BCUT2D eigenvalue weighted by atomic mass is 9.98. The van der Waals surface area contributed by atoms with E-state index in [1.807, 2.05) is 24.3 Å². The Bertz CT molecular complexity index is 950. The quantitative estimate of drug-likeness (QED) is 0.323. The van der Waals surface area contributed by atoms with Gasteiger partial charge in [-0.25, -0.2) is 9.59 Å². The molecule has 33 heavy (non-hydrogen) atoms. The first-order chi connectivity index (χ1) is 15.9. The number of ether oxygens (including phenoxy) is 1. The van der Waals surface area contributed by atoms with Crippen molar-refractivity contribution < 1.29 is 29.3 Å². The fourth-order valence-corrected chi connectivity index (χ4v) is 3.92. The minimum Gasteiger partial charge on any atom is -0.480 e. The van der Waals surface area contributed by atoms with Crippen LogP contribution in [0, 0.1) is 0 Å². The number of alkyl carbamates (subject to hydrolysis) is 1. The van der Waals surface area contributed by atoms with Crippen molar-refractivity contribution in [2.45, 2.75) is 37.3 Å². The fourth-order valence-electron chi connectivity index (χ4n) is 3.92. The first kappa shape index (κ1) is 24.2. The number of amides is 2. The van der Waals surface area contributed by atoms with Gasteiger partial charge in [-0.2, -0.15) is 0 Å². The third-order valence-electron chi connectivity index (χ3n) is 5.69. The largest absolute Gasteiger partial charge is 0.480 e. The van der Waals surface area contributed by atoms with E-state index in [9.17, 15) is 14.4 Å². The summed E-state index contributed by atoms with van der Waals surface area (Å²) >= 11 is 0. The van der Waals surface area contributed by atoms with E-state index in [4.69, 9.17) is 20.7 Å². The summed E-state index contributed by atoms with van der Waals surface area (Å²) in [6.45, 7) is -0.113. The predicted molar refractivity (Wildman–Crippen MR) is 122 cm³/mol. The molecule has 1 aliphatic rings. The zero-order valence-electron chi connectivity index (χ0n) is 18.2. The Morgan fingerprint density at radius 3 is 2.18 bits per heavy atom. The Balaban J connectivity index is 1.37. The molecule has 0 heterocycles. The maximum atomic E-state index is 12.1. The maximum absolute atomic E-state index is 12.1. The number of aliphatic hydroxyl groups is 1. The van der Waals surface area contributed by atoms with Crippen LogP contribution in [-0.4, -0.2) is 60.0 Å². The third-order valence-corrected chi connectivity index (χ3v) is 5.69. The van der Waals surface area contributed by atoms with Crippen molar-refractivity contribution in [3.05, 3.63) is 59.7 Å². The number of nitrogens with two attached hydrogens (primary N) is 1. The number of rotatable bonds is 11. The molecule has 0 saturated heterocycles. The third kappa shape index (κ3) is 6.09. The van der Waals surface area contributed by atoms with Crippen molar-refractivity contribution >= 4 is 18.0 Å². The molecule has 9 nitrogen and oxygen atoms in total. The van der Waals surface area contributed by atoms with E-state index < -0.39 is 36.7 Å². The van der Waals surface area contributed by atoms with E-state index in [0.29, 0.717) is 25.8 Å². The molecule has 0 aliphatic heterocycles. The topological polar surface area (TPSA) is 151 Å². The predicted octanol–water partition coefficient (Wildman–Crippen LogP) is 1.58. The lowest BCUT2D eigenvalue weighted by Gasteiger charge is -2.16. The molecule has 0 fully saturated rings. The average molecular weight is 456 g/mol. The molecule has 2 unspecified atom stereocenters. The van der Waals surface area contributed by atoms with Gasteiger partial charge in [-0.1, -0.05) is 48.5 Å². The highest BCUT2D eigenvalue weighted by atomic mass is 16.5. The summed E-state index contributed by atoms with van der Waals surface area (Å²) < 4.78 is 5.47. The summed E-state index contributed by atoms with van der Waals surface area (Å²) in [5.41, 5.74) is 10.4. The van der Waals surface area contributed by atoms with E-state index in [0.717, 1.165) is 22.3 Å². The molecule has 0 spiro atoms. The van der Waals surface area contributed by atoms with Gasteiger partial charge in [-0.05, 0) is 41.5 Å². The van der Waals surface area contributed by atoms with Crippen LogP contribution in [0.4, 0.5) is 4.79 Å². The van der Waals surface area contributed by atoms with Crippen molar-refractivity contribution in [2.75, 3.05) is 19.8 Å². The van der Waals surface area contributed by atoms with Crippen LogP contribution in [-0.2, 0) is 14.3 Å². The number of aliphatic hydroxyl groups excluding tert-OH is 1. The number of aliphatic carboxylic acids is 1. The molecule has 176 valence electrons. The van der Waals surface area contributed by atoms with E-state index in [1.54, 1.807) is 0 Å². The van der Waals surface area contributed by atoms with Crippen LogP contribution < -0.4 is 16.4 Å². The molecule has 1 aliphatic carbocycles. The van der Waals surface area contributed by atoms with Gasteiger partial charge < -0.3 is 31.3 Å². The van der Waals surface area contributed by atoms with Crippen molar-refractivity contribution in [1.29, 1.82) is 0 Å². The summed E-state index contributed by atoms with van der Waals surface area (Å²) in [5.74, 6) is -1.97. The number of carbonyl (C=O) groups excluding carboxylic acids is 2. The van der Waals surface area contributed by atoms with Gasteiger partial charge in [0.25, 0.3) is 0 Å². The summed E-state index contributed by atoms with van der Waals surface area (Å²) in [6.07, 6.45) is 0.935. The van der Waals surface area contributed by atoms with Gasteiger partial charge in [0, 0.05) is 12.5 Å². The van der Waals surface area contributed by atoms with Crippen molar-refractivity contribution in [3.8, 4) is 11.1 Å². The molecule has 6 N–H and O–H groups in total. The number of carboxylic acid groups (broad SMARTS) is 1. The second-order valence-electron chi connectivity index (χ2n) is 7.94. The molecular formula is C24H29N3O6. The van der Waals surface area contributed by atoms with E-state index >= 15 is 0 Å². The molecule has 0 bridgehead atoms. The maximum Gasteiger partial charge on any atom is 0.407 e. The zero-order valence-corrected chi connectivity index (χ0v) is 18.2. The van der Waals surface area contributed by atoms with Crippen LogP contribution in [0.15, 0.2) is 48.5 Å². The highest BCUT2D eigenvalue weighted by Crippen LogP contribution is 2.44. The van der Waals surface area contributed by atoms with Gasteiger partial charge in [-0.3, -0.25) is 4.79 Å². The Kier molecular flexibility index (Phi) is 8.39. The normalized spacial score (nSPS) is 14.0. The van der Waals surface area contributed by atoms with Crippen LogP contribution in [0.3, 0.4) is 0 Å². The first-order valence-electron chi connectivity index (χ1n) is 10.9. The number of fused-ring (bicyclic) bond motifs is 3. The summed E-state index contributed by atoms with van der Waals surface area (Å²) in [5, 5.41) is 22.7. The summed E-state index contributed by atoms with van der Waals surface area (Å²) in [6, 6.07) is 13.9. The lowest BCUT2D eigenvalue weighted by molar-refractivity contribution is -0.143. The van der Waals surface area contributed by atoms with E-state index in [1.165, 1.54) is 0 Å². The molecule has 2 aromatic carbocycles. The number of hydrogen-bond donors (Lipinski definition) is 5. The molecule has 0 saturated carbocycles. The standard InChI is InChI=1S/C24H29N3O6/c25-20(22(29)27-21(13-28)23(30)31)11-5-6-12-26-24(32)33-14-19-17-9-3-1-7-15(17)16-8-2-4-10-18(16)19/h1-4,7-10,19-21,28H,5-6,11-14,25H2,(H,26,32)(H,27,29)(H,30,31). The first-order valence-corrected chi connectivity index (χ1v) is 10.9. The highest BCUT2D eigenvalue weighted by molar-refractivity contribution is 5.86. The van der Waals surface area contributed by atoms with Crippen LogP contribution in [0.1, 0.15) is 36.3 Å². The Morgan fingerprint density at radius 1 is 1.00 bits per heavy atom. The van der Waals surface area contributed by atoms with E-state index in [2.05, 4.69) is 34.9 Å². The molecular weight excluding hydrogens is 426 g/mol. The number of nitrogens with one attached hydrogen (secondary N) is 2. The van der Waals surface area contributed by atoms with Crippen LogP contribution in [0.2, 0.25) is 0 Å². The zero-order chi connectivity index (χ0) is 23.8. The van der Waals surface area contributed by atoms with Gasteiger partial charge in [0.1, 0.15) is 12.6 Å². The van der Waals surface area contributed by atoms with Crippen LogP contribution >= 0.6 is 0 Å². The Labute approximate surface area is 191 Å². The van der Waals surface area contributed by atoms with Crippen molar-refractivity contribution in [2.24, 2.45) is 5.73 Å². The molecule has 2 amide bonds. The number of benzene rings is 2. The highest BCUT2D eigenvalue weighted by Gasteiger charge is 2.29. The van der Waals surface area contributed by atoms with Crippen LogP contribution in [0.25, 0.3) is 11.1 Å². The number of carboxylic acids is 1. The minimum atomic E-state index is -1.38. The lowest BCUT2D eigenvalue weighted by Crippen LogP contribution is -2.49. The SMILES string of the molecule is NC(CCCCNC(=O)OCC1c2ccccc2-c2ccccc21)C(=O)NC(CO)C(=O)O. The van der Waals surface area contributed by atoms with Gasteiger partial charge in [0.05, 0.1) is 12.6 Å². The molecule has 3 rings (SSSR count). The second kappa shape index (κ2) is 11.4. The number of hydrogen-bond acceptors (Lipinski definition) is 6. The van der Waals surface area contributed by atoms with Crippen molar-refractivity contribution in [1.82, 2.24) is 10.6 Å². The van der Waals surface area contributed by atoms with Gasteiger partial charge in [0.2, 0.25) is 5.91 Å². The number of carbonyl (C=O) groups is 3. The minimum absolute atomic E-state index is 0.00629. The molecule has 0 radical (unpaired) electrons. The molecule has 0 aromatic heterocycles. The van der Waals surface area contributed by atoms with E-state index in [-0.39, 0.29) is 12.5 Å². The Morgan fingerprint density at radius 2 is 1.61 bits per heavy atom. The summed E-state index contributed by atoms with van der Waals surface area (Å²) in [4.78, 5) is 34.9.